The molecule has 169 valence electrons. The first-order valence-electron chi connectivity index (χ1n) is 9.27. The zero-order chi connectivity index (χ0) is 23.0. The number of piperidine rings is 1. The van der Waals surface area contributed by atoms with Crippen LogP contribution in [0.15, 0.2) is 42.5 Å². The summed E-state index contributed by atoms with van der Waals surface area (Å²) >= 11 is 0. The van der Waals surface area contributed by atoms with Crippen molar-refractivity contribution in [3.05, 3.63) is 76.7 Å². The second-order valence-corrected chi connectivity index (χ2v) is 7.29. The van der Waals surface area contributed by atoms with E-state index in [1.165, 1.54) is 12.1 Å². The molecule has 0 bridgehead atoms. The van der Waals surface area contributed by atoms with Crippen molar-refractivity contribution in [1.82, 2.24) is 4.90 Å². The summed E-state index contributed by atoms with van der Waals surface area (Å²) in [6.45, 7) is 0.0382. The molecule has 0 aromatic heterocycles. The van der Waals surface area contributed by atoms with Crippen LogP contribution in [0.2, 0.25) is 0 Å². The highest BCUT2D eigenvalue weighted by atomic mass is 19.4. The van der Waals surface area contributed by atoms with Gasteiger partial charge in [-0.1, -0.05) is 18.2 Å². The number of hydrogen-bond acceptors (Lipinski definition) is 1. The van der Waals surface area contributed by atoms with Gasteiger partial charge >= 0.3 is 18.5 Å². The fourth-order valence-electron chi connectivity index (χ4n) is 3.64. The Morgan fingerprint density at radius 3 is 1.87 bits per heavy atom. The van der Waals surface area contributed by atoms with Crippen molar-refractivity contribution in [3.8, 4) is 0 Å². The van der Waals surface area contributed by atoms with E-state index in [0.717, 1.165) is 18.2 Å². The molecule has 2 aromatic rings. The Kier molecular flexibility index (Phi) is 6.32. The van der Waals surface area contributed by atoms with Crippen LogP contribution in [0.25, 0.3) is 0 Å². The summed E-state index contributed by atoms with van der Waals surface area (Å²) < 4.78 is 117. The van der Waals surface area contributed by atoms with Gasteiger partial charge in [-0.15, -0.1) is 0 Å². The normalized spacial score (nSPS) is 18.9. The molecule has 1 atom stereocenters. The summed E-state index contributed by atoms with van der Waals surface area (Å²) in [5, 5.41) is 0. The van der Waals surface area contributed by atoms with E-state index >= 15 is 0 Å². The molecular weight excluding hydrogens is 437 g/mol. The number of nitrogens with zero attached hydrogens (tertiary/aromatic N) is 1. The highest BCUT2D eigenvalue weighted by Crippen LogP contribution is 2.40. The molecule has 0 amide bonds. The van der Waals surface area contributed by atoms with Gasteiger partial charge in [-0.3, -0.25) is 4.90 Å². The summed E-state index contributed by atoms with van der Waals surface area (Å²) in [5.41, 5.74) is -3.44. The van der Waals surface area contributed by atoms with Gasteiger partial charge in [0.2, 0.25) is 0 Å². The van der Waals surface area contributed by atoms with E-state index in [-0.39, 0.29) is 18.2 Å². The lowest BCUT2D eigenvalue weighted by Gasteiger charge is -2.36. The molecule has 1 nitrogen and oxygen atoms in total. The topological polar surface area (TPSA) is 3.24 Å². The van der Waals surface area contributed by atoms with E-state index in [1.807, 2.05) is 6.42 Å². The molecule has 2 aromatic carbocycles. The lowest BCUT2D eigenvalue weighted by molar-refractivity contribution is -0.143. The molecule has 3 rings (SSSR count). The van der Waals surface area contributed by atoms with Gasteiger partial charge in [0.25, 0.3) is 0 Å². The van der Waals surface area contributed by atoms with Crippen molar-refractivity contribution in [2.75, 3.05) is 6.54 Å². The molecule has 0 aliphatic carbocycles. The van der Waals surface area contributed by atoms with Gasteiger partial charge in [0.1, 0.15) is 0 Å². The summed E-state index contributed by atoms with van der Waals surface area (Å²) in [6.07, 6.45) is -11.6. The SMILES string of the molecule is FC(F)(F)c1ccc(C2C[CH]CCN2Cc2ccc(C(F)(F)F)cc2C(F)(F)F)cc1. The van der Waals surface area contributed by atoms with Crippen LogP contribution in [0.4, 0.5) is 39.5 Å². The van der Waals surface area contributed by atoms with E-state index in [1.54, 1.807) is 4.90 Å². The highest BCUT2D eigenvalue weighted by Gasteiger charge is 2.39. The molecule has 1 fully saturated rings. The molecule has 10 heteroatoms. The van der Waals surface area contributed by atoms with Gasteiger partial charge in [0.05, 0.1) is 16.7 Å². The highest BCUT2D eigenvalue weighted by molar-refractivity contribution is 5.36. The zero-order valence-corrected chi connectivity index (χ0v) is 15.9. The first-order valence-corrected chi connectivity index (χ1v) is 9.27. The third kappa shape index (κ3) is 5.53. The van der Waals surface area contributed by atoms with Crippen LogP contribution in [0.1, 0.15) is 46.7 Å². The van der Waals surface area contributed by atoms with E-state index in [2.05, 4.69) is 0 Å². The number of benzene rings is 2. The van der Waals surface area contributed by atoms with Crippen molar-refractivity contribution >= 4 is 0 Å². The minimum atomic E-state index is -4.98. The third-order valence-corrected chi connectivity index (χ3v) is 5.19. The smallest absolute Gasteiger partial charge is 0.292 e. The minimum Gasteiger partial charge on any atom is -0.292 e. The molecule has 0 N–H and O–H groups in total. The van der Waals surface area contributed by atoms with E-state index in [0.29, 0.717) is 31.0 Å². The van der Waals surface area contributed by atoms with Gasteiger partial charge in [-0.25, -0.2) is 0 Å². The van der Waals surface area contributed by atoms with Crippen molar-refractivity contribution in [2.24, 2.45) is 0 Å². The minimum absolute atomic E-state index is 0.0958. The van der Waals surface area contributed by atoms with Crippen LogP contribution in [-0.2, 0) is 25.1 Å². The Labute approximate surface area is 172 Å². The maximum Gasteiger partial charge on any atom is 0.416 e. The van der Waals surface area contributed by atoms with Gasteiger partial charge in [-0.05, 0) is 61.2 Å². The molecule has 31 heavy (non-hydrogen) atoms. The predicted octanol–water partition coefficient (Wildman–Crippen LogP) is 7.28. The lowest BCUT2D eigenvalue weighted by atomic mass is 9.93. The maximum absolute atomic E-state index is 13.4. The summed E-state index contributed by atoms with van der Waals surface area (Å²) in [7, 11) is 0. The third-order valence-electron chi connectivity index (χ3n) is 5.19. The standard InChI is InChI=1S/C21H17F9N/c22-19(23,24)15-7-4-13(5-8-15)18-3-1-2-10-31(18)12-14-6-9-16(20(25,26)27)11-17(14)21(28,29)30/h1,4-9,11,18H,2-3,10,12H2. The Morgan fingerprint density at radius 1 is 0.742 bits per heavy atom. The second kappa shape index (κ2) is 8.37. The molecule has 1 aliphatic heterocycles. The Balaban J connectivity index is 1.91. The number of alkyl halides is 9. The Bertz CT molecular complexity index is 895. The summed E-state index contributed by atoms with van der Waals surface area (Å²) in [4.78, 5) is 1.64. The average Bonchev–Trinajstić information content (AvgIpc) is 2.66. The monoisotopic (exact) mass is 454 g/mol. The number of likely N-dealkylation sites (tertiary alicyclic amines) is 1. The van der Waals surface area contributed by atoms with Crippen LogP contribution >= 0.6 is 0 Å². The van der Waals surface area contributed by atoms with Crippen LogP contribution in [0.3, 0.4) is 0 Å². The molecule has 1 heterocycles. The fraction of sp³-hybridized carbons (Fsp3) is 0.381. The molecule has 1 aliphatic rings. The van der Waals surface area contributed by atoms with Crippen molar-refractivity contribution in [2.45, 2.75) is 44.0 Å². The second-order valence-electron chi connectivity index (χ2n) is 7.29. The Hall–Kier alpha value is -2.23. The predicted molar refractivity (Wildman–Crippen MR) is 94.6 cm³/mol. The molecule has 0 saturated carbocycles. The van der Waals surface area contributed by atoms with Crippen LogP contribution in [0.5, 0.6) is 0 Å². The van der Waals surface area contributed by atoms with Gasteiger partial charge in [-0.2, -0.15) is 39.5 Å². The largest absolute Gasteiger partial charge is 0.416 e. The van der Waals surface area contributed by atoms with Gasteiger partial charge < -0.3 is 0 Å². The maximum atomic E-state index is 13.4. The fourth-order valence-corrected chi connectivity index (χ4v) is 3.64. The Morgan fingerprint density at radius 2 is 1.32 bits per heavy atom. The van der Waals surface area contributed by atoms with E-state index < -0.39 is 41.3 Å². The summed E-state index contributed by atoms with van der Waals surface area (Å²) in [6, 6.07) is 5.39. The van der Waals surface area contributed by atoms with Crippen molar-refractivity contribution < 1.29 is 39.5 Å². The van der Waals surface area contributed by atoms with Crippen LogP contribution in [0, 0.1) is 6.42 Å². The first-order chi connectivity index (χ1) is 14.3. The lowest BCUT2D eigenvalue weighted by Crippen LogP contribution is -2.34. The van der Waals surface area contributed by atoms with Gasteiger partial charge in [0, 0.05) is 12.6 Å². The quantitative estimate of drug-likeness (QED) is 0.441. The number of halogens is 9. The summed E-state index contributed by atoms with van der Waals surface area (Å²) in [5.74, 6) is 0. The molecule has 0 spiro atoms. The van der Waals surface area contributed by atoms with Gasteiger partial charge in [0.15, 0.2) is 0 Å². The van der Waals surface area contributed by atoms with E-state index in [9.17, 15) is 39.5 Å². The van der Waals surface area contributed by atoms with Crippen LogP contribution < -0.4 is 0 Å². The van der Waals surface area contributed by atoms with Crippen LogP contribution in [-0.4, -0.2) is 11.4 Å². The molecule has 1 radical (unpaired) electrons. The first kappa shape index (κ1) is 23.4. The zero-order valence-electron chi connectivity index (χ0n) is 15.9. The number of rotatable bonds is 3. The van der Waals surface area contributed by atoms with Crippen molar-refractivity contribution in [1.29, 1.82) is 0 Å². The van der Waals surface area contributed by atoms with E-state index in [4.69, 9.17) is 0 Å². The molecular formula is C21H17F9N. The molecule has 1 saturated heterocycles. The van der Waals surface area contributed by atoms with Crippen molar-refractivity contribution in [3.63, 3.8) is 0 Å². The number of hydrogen-bond donors (Lipinski definition) is 0. The average molecular weight is 454 g/mol. The molecule has 1 unspecified atom stereocenters.